The molecule has 125 valence electrons. The summed E-state index contributed by atoms with van der Waals surface area (Å²) in [5, 5.41) is 0. The average Bonchev–Trinajstić information content (AvgIpc) is 2.56. The van der Waals surface area contributed by atoms with E-state index in [4.69, 9.17) is 4.74 Å². The molecule has 1 heteroatoms. The molecule has 1 radical (unpaired) electrons. The normalized spacial score (nSPS) is 10.8. The summed E-state index contributed by atoms with van der Waals surface area (Å²) in [6.45, 7) is 3.13. The van der Waals surface area contributed by atoms with Crippen molar-refractivity contribution in [1.82, 2.24) is 0 Å². The second-order valence-electron chi connectivity index (χ2n) is 6.33. The van der Waals surface area contributed by atoms with Crippen LogP contribution in [0.5, 0.6) is 5.75 Å². The molecule has 0 aromatic heterocycles. The molecular formula is C21H35O. The van der Waals surface area contributed by atoms with Crippen LogP contribution in [0.4, 0.5) is 0 Å². The third kappa shape index (κ3) is 11.7. The molecule has 0 heterocycles. The van der Waals surface area contributed by atoms with Crippen LogP contribution in [0, 0.1) is 6.07 Å². The van der Waals surface area contributed by atoms with E-state index in [0.717, 1.165) is 12.4 Å². The SMILES string of the molecule is CCCCCCCCCCCCCCCOc1cc[c]cc1. The lowest BCUT2D eigenvalue weighted by atomic mass is 10.0. The van der Waals surface area contributed by atoms with E-state index >= 15 is 0 Å². The van der Waals surface area contributed by atoms with Gasteiger partial charge in [-0.3, -0.25) is 0 Å². The predicted molar refractivity (Wildman–Crippen MR) is 96.5 cm³/mol. The average molecular weight is 304 g/mol. The van der Waals surface area contributed by atoms with Gasteiger partial charge in [-0.05, 0) is 24.6 Å². The van der Waals surface area contributed by atoms with Crippen molar-refractivity contribution in [2.75, 3.05) is 6.61 Å². The fourth-order valence-corrected chi connectivity index (χ4v) is 2.78. The van der Waals surface area contributed by atoms with Crippen molar-refractivity contribution in [3.63, 3.8) is 0 Å². The number of rotatable bonds is 15. The van der Waals surface area contributed by atoms with E-state index in [-0.39, 0.29) is 0 Å². The molecule has 0 amide bonds. The summed E-state index contributed by atoms with van der Waals surface area (Å²) < 4.78 is 5.69. The first-order chi connectivity index (χ1) is 10.9. The lowest BCUT2D eigenvalue weighted by Crippen LogP contribution is -1.96. The van der Waals surface area contributed by atoms with Crippen molar-refractivity contribution in [3.8, 4) is 5.75 Å². The first-order valence-corrected chi connectivity index (χ1v) is 9.52. The second-order valence-corrected chi connectivity index (χ2v) is 6.33. The van der Waals surface area contributed by atoms with Crippen LogP contribution >= 0.6 is 0 Å². The van der Waals surface area contributed by atoms with Crippen LogP contribution in [-0.2, 0) is 0 Å². The molecule has 0 aliphatic carbocycles. The van der Waals surface area contributed by atoms with Gasteiger partial charge in [-0.1, -0.05) is 96.1 Å². The van der Waals surface area contributed by atoms with Gasteiger partial charge in [-0.25, -0.2) is 0 Å². The Morgan fingerprint density at radius 1 is 0.682 bits per heavy atom. The molecule has 1 nitrogen and oxygen atoms in total. The van der Waals surface area contributed by atoms with E-state index in [1.165, 1.54) is 83.5 Å². The monoisotopic (exact) mass is 303 g/mol. The molecule has 0 saturated heterocycles. The molecule has 0 unspecified atom stereocenters. The topological polar surface area (TPSA) is 9.23 Å². The van der Waals surface area contributed by atoms with Gasteiger partial charge in [0.2, 0.25) is 0 Å². The van der Waals surface area contributed by atoms with Gasteiger partial charge >= 0.3 is 0 Å². The molecule has 0 atom stereocenters. The van der Waals surface area contributed by atoms with Crippen molar-refractivity contribution < 1.29 is 4.74 Å². The Morgan fingerprint density at radius 3 is 1.64 bits per heavy atom. The van der Waals surface area contributed by atoms with Gasteiger partial charge in [-0.2, -0.15) is 0 Å². The Kier molecular flexibility index (Phi) is 12.9. The minimum absolute atomic E-state index is 0.849. The summed E-state index contributed by atoms with van der Waals surface area (Å²) in [6.07, 6.45) is 18.1. The third-order valence-electron chi connectivity index (χ3n) is 4.20. The summed E-state index contributed by atoms with van der Waals surface area (Å²) in [4.78, 5) is 0. The van der Waals surface area contributed by atoms with E-state index < -0.39 is 0 Å². The van der Waals surface area contributed by atoms with E-state index in [1.54, 1.807) is 0 Å². The zero-order valence-electron chi connectivity index (χ0n) is 14.6. The zero-order valence-corrected chi connectivity index (χ0v) is 14.6. The second kappa shape index (κ2) is 14.9. The van der Waals surface area contributed by atoms with Crippen molar-refractivity contribution in [3.05, 3.63) is 30.3 Å². The fraction of sp³-hybridized carbons (Fsp3) is 0.714. The van der Waals surface area contributed by atoms with Crippen LogP contribution in [0.2, 0.25) is 0 Å². The highest BCUT2D eigenvalue weighted by molar-refractivity contribution is 5.20. The van der Waals surface area contributed by atoms with Crippen LogP contribution in [0.1, 0.15) is 90.4 Å². The van der Waals surface area contributed by atoms with Crippen LogP contribution in [0.15, 0.2) is 24.3 Å². The van der Waals surface area contributed by atoms with Crippen LogP contribution in [0.25, 0.3) is 0 Å². The highest BCUT2D eigenvalue weighted by atomic mass is 16.5. The number of hydrogen-bond acceptors (Lipinski definition) is 1. The highest BCUT2D eigenvalue weighted by Gasteiger charge is 1.95. The summed E-state index contributed by atoms with van der Waals surface area (Å²) in [7, 11) is 0. The number of ether oxygens (including phenoxy) is 1. The number of benzene rings is 1. The predicted octanol–water partition coefficient (Wildman–Crippen LogP) is 6.96. The Balaban J connectivity index is 1.73. The molecule has 0 aliphatic heterocycles. The summed E-state index contributed by atoms with van der Waals surface area (Å²) in [5.74, 6) is 0.970. The Hall–Kier alpha value is -0.980. The molecule has 0 saturated carbocycles. The summed E-state index contributed by atoms with van der Waals surface area (Å²) >= 11 is 0. The Labute approximate surface area is 138 Å². The molecule has 0 N–H and O–H groups in total. The van der Waals surface area contributed by atoms with Gasteiger partial charge in [0.25, 0.3) is 0 Å². The summed E-state index contributed by atoms with van der Waals surface area (Å²) in [6, 6.07) is 10.8. The maximum absolute atomic E-state index is 5.69. The molecule has 22 heavy (non-hydrogen) atoms. The molecule has 0 aliphatic rings. The Morgan fingerprint density at radius 2 is 1.14 bits per heavy atom. The van der Waals surface area contributed by atoms with Gasteiger partial charge in [-0.15, -0.1) is 0 Å². The minimum Gasteiger partial charge on any atom is -0.494 e. The zero-order chi connectivity index (χ0) is 15.7. The van der Waals surface area contributed by atoms with Crippen LogP contribution in [0.3, 0.4) is 0 Å². The smallest absolute Gasteiger partial charge is 0.119 e. The van der Waals surface area contributed by atoms with Crippen molar-refractivity contribution in [2.24, 2.45) is 0 Å². The van der Waals surface area contributed by atoms with Crippen molar-refractivity contribution in [2.45, 2.75) is 90.4 Å². The van der Waals surface area contributed by atoms with E-state index in [9.17, 15) is 0 Å². The Bertz CT molecular complexity index is 320. The van der Waals surface area contributed by atoms with Gasteiger partial charge in [0.15, 0.2) is 0 Å². The van der Waals surface area contributed by atoms with Gasteiger partial charge in [0.1, 0.15) is 5.75 Å². The van der Waals surface area contributed by atoms with E-state index in [2.05, 4.69) is 13.0 Å². The van der Waals surface area contributed by atoms with Gasteiger partial charge < -0.3 is 4.74 Å². The molecule has 1 aromatic rings. The molecule has 1 aromatic carbocycles. The first-order valence-electron chi connectivity index (χ1n) is 9.52. The lowest BCUT2D eigenvalue weighted by molar-refractivity contribution is 0.304. The molecule has 0 spiro atoms. The van der Waals surface area contributed by atoms with Crippen LogP contribution in [-0.4, -0.2) is 6.61 Å². The van der Waals surface area contributed by atoms with Crippen molar-refractivity contribution in [1.29, 1.82) is 0 Å². The molecule has 0 fully saturated rings. The van der Waals surface area contributed by atoms with Gasteiger partial charge in [0, 0.05) is 0 Å². The third-order valence-corrected chi connectivity index (χ3v) is 4.20. The van der Waals surface area contributed by atoms with Gasteiger partial charge in [0.05, 0.1) is 6.61 Å². The number of hydrogen-bond donors (Lipinski definition) is 0. The van der Waals surface area contributed by atoms with Crippen molar-refractivity contribution >= 4 is 0 Å². The minimum atomic E-state index is 0.849. The fourth-order valence-electron chi connectivity index (χ4n) is 2.78. The summed E-state index contributed by atoms with van der Waals surface area (Å²) in [5.41, 5.74) is 0. The largest absolute Gasteiger partial charge is 0.494 e. The van der Waals surface area contributed by atoms with Crippen LogP contribution < -0.4 is 4.74 Å². The maximum Gasteiger partial charge on any atom is 0.119 e. The quantitative estimate of drug-likeness (QED) is 0.318. The number of unbranched alkanes of at least 4 members (excludes halogenated alkanes) is 12. The lowest BCUT2D eigenvalue weighted by Gasteiger charge is -2.05. The molecule has 1 rings (SSSR count). The van der Waals surface area contributed by atoms with E-state index in [0.29, 0.717) is 0 Å². The maximum atomic E-state index is 5.69. The molecular weight excluding hydrogens is 268 g/mol. The highest BCUT2D eigenvalue weighted by Crippen LogP contribution is 2.13. The van der Waals surface area contributed by atoms with E-state index in [1.807, 2.05) is 24.3 Å². The standard InChI is InChI=1S/C21H35O/c1-2-3-4-5-6-7-8-9-10-11-12-13-17-20-22-21-18-15-14-16-19-21/h15-16,18-19H,2-13,17,20H2,1H3. The first kappa shape index (κ1) is 19.1. The molecule has 0 bridgehead atoms.